The lowest BCUT2D eigenvalue weighted by Gasteiger charge is -2.34. The maximum Gasteiger partial charge on any atom is 0.410 e. The fourth-order valence-corrected chi connectivity index (χ4v) is 2.75. The van der Waals surface area contributed by atoms with E-state index >= 15 is 0 Å². The molecule has 0 radical (unpaired) electrons. The van der Waals surface area contributed by atoms with Crippen LogP contribution in [0.1, 0.15) is 40.5 Å². The number of aliphatic imine (C=N–C) groups is 1. The number of nitrogens with zero attached hydrogens (tertiary/aromatic N) is 2. The van der Waals surface area contributed by atoms with E-state index in [1.165, 1.54) is 6.92 Å². The van der Waals surface area contributed by atoms with Crippen LogP contribution in [0.3, 0.4) is 0 Å². The maximum atomic E-state index is 13.7. The number of rotatable bonds is 2. The van der Waals surface area contributed by atoms with Crippen molar-refractivity contribution in [2.24, 2.45) is 10.9 Å². The largest absolute Gasteiger partial charge is 0.444 e. The van der Waals surface area contributed by atoms with Gasteiger partial charge in [0.2, 0.25) is 0 Å². The zero-order valence-corrected chi connectivity index (χ0v) is 14.6. The zero-order chi connectivity index (χ0) is 17.3. The first-order valence-electron chi connectivity index (χ1n) is 8.17. The summed E-state index contributed by atoms with van der Waals surface area (Å²) in [4.78, 5) is 18.1. The van der Waals surface area contributed by atoms with Crippen LogP contribution in [-0.4, -0.2) is 47.6 Å². The van der Waals surface area contributed by atoms with E-state index in [1.54, 1.807) is 17.1 Å². The Hall–Kier alpha value is -1.65. The van der Waals surface area contributed by atoms with Crippen molar-refractivity contribution < 1.29 is 13.9 Å². The highest BCUT2D eigenvalue weighted by molar-refractivity contribution is 6.08. The second kappa shape index (κ2) is 6.46. The molecule has 23 heavy (non-hydrogen) atoms. The molecular formula is C18H27FN2O2. The second-order valence-electron chi connectivity index (χ2n) is 7.58. The monoisotopic (exact) mass is 322 g/mol. The molecule has 0 aromatic rings. The molecule has 0 aliphatic carbocycles. The normalized spacial score (nSPS) is 26.0. The van der Waals surface area contributed by atoms with E-state index in [1.807, 2.05) is 20.8 Å². The van der Waals surface area contributed by atoms with Crippen LogP contribution in [0.25, 0.3) is 0 Å². The SMILES string of the molecule is C=C(C1=NCC(C)(F)C=C1)C1CCN(C(=O)OC(C)(C)C)CC1. The third kappa shape index (κ3) is 4.91. The van der Waals surface area contributed by atoms with Gasteiger partial charge < -0.3 is 9.64 Å². The average molecular weight is 322 g/mol. The Kier molecular flexibility index (Phi) is 4.97. The van der Waals surface area contributed by atoms with E-state index in [9.17, 15) is 9.18 Å². The van der Waals surface area contributed by atoms with E-state index in [0.29, 0.717) is 13.1 Å². The first kappa shape index (κ1) is 17.7. The Labute approximate surface area is 138 Å². The first-order valence-corrected chi connectivity index (χ1v) is 8.17. The van der Waals surface area contributed by atoms with Gasteiger partial charge in [-0.2, -0.15) is 0 Å². The summed E-state index contributed by atoms with van der Waals surface area (Å²) in [6, 6.07) is 0. The van der Waals surface area contributed by atoms with Gasteiger partial charge in [0.15, 0.2) is 0 Å². The molecule has 1 saturated heterocycles. The van der Waals surface area contributed by atoms with Crippen molar-refractivity contribution in [1.82, 2.24) is 4.90 Å². The Bertz CT molecular complexity index is 536. The van der Waals surface area contributed by atoms with Gasteiger partial charge in [0.05, 0.1) is 12.3 Å². The van der Waals surface area contributed by atoms with Crippen molar-refractivity contribution in [3.8, 4) is 0 Å². The Morgan fingerprint density at radius 2 is 2.04 bits per heavy atom. The predicted octanol–water partition coefficient (Wildman–Crippen LogP) is 3.93. The quantitative estimate of drug-likeness (QED) is 0.773. The van der Waals surface area contributed by atoms with Crippen molar-refractivity contribution in [1.29, 1.82) is 0 Å². The van der Waals surface area contributed by atoms with Crippen molar-refractivity contribution in [3.63, 3.8) is 0 Å². The number of halogens is 1. The van der Waals surface area contributed by atoms with Gasteiger partial charge in [-0.15, -0.1) is 0 Å². The number of piperidine rings is 1. The number of likely N-dealkylation sites (tertiary alicyclic amines) is 1. The highest BCUT2D eigenvalue weighted by Gasteiger charge is 2.30. The highest BCUT2D eigenvalue weighted by Crippen LogP contribution is 2.28. The van der Waals surface area contributed by atoms with Gasteiger partial charge >= 0.3 is 6.09 Å². The molecule has 0 aromatic heterocycles. The molecule has 1 amide bonds. The maximum absolute atomic E-state index is 13.7. The average Bonchev–Trinajstić information content (AvgIpc) is 2.45. The molecule has 2 aliphatic heterocycles. The second-order valence-corrected chi connectivity index (χ2v) is 7.58. The molecule has 0 saturated carbocycles. The molecule has 1 fully saturated rings. The van der Waals surface area contributed by atoms with Gasteiger partial charge in [0.25, 0.3) is 0 Å². The summed E-state index contributed by atoms with van der Waals surface area (Å²) in [5.74, 6) is 0.279. The minimum atomic E-state index is -1.36. The summed E-state index contributed by atoms with van der Waals surface area (Å²) in [5.41, 5.74) is -0.0985. The van der Waals surface area contributed by atoms with E-state index in [0.717, 1.165) is 24.1 Å². The summed E-state index contributed by atoms with van der Waals surface area (Å²) in [7, 11) is 0. The van der Waals surface area contributed by atoms with Crippen molar-refractivity contribution in [2.75, 3.05) is 19.6 Å². The molecule has 1 unspecified atom stereocenters. The van der Waals surface area contributed by atoms with Gasteiger partial charge in [-0.3, -0.25) is 4.99 Å². The fraction of sp³-hybridized carbons (Fsp3) is 0.667. The standard InChI is InChI=1S/C18H27FN2O2/c1-13(15-6-9-18(5,19)12-20-15)14-7-10-21(11-8-14)16(22)23-17(2,3)4/h6,9,14H,1,7-8,10-12H2,2-5H3. The first-order chi connectivity index (χ1) is 10.6. The number of alkyl halides is 1. The predicted molar refractivity (Wildman–Crippen MR) is 90.6 cm³/mol. The van der Waals surface area contributed by atoms with Crippen LogP contribution in [0.2, 0.25) is 0 Å². The van der Waals surface area contributed by atoms with Gasteiger partial charge in [-0.25, -0.2) is 9.18 Å². The lowest BCUT2D eigenvalue weighted by atomic mass is 9.86. The van der Waals surface area contributed by atoms with Gasteiger partial charge in [-0.1, -0.05) is 6.58 Å². The van der Waals surface area contributed by atoms with Gasteiger partial charge in [-0.05, 0) is 64.2 Å². The molecule has 0 aromatic carbocycles. The summed E-state index contributed by atoms with van der Waals surface area (Å²) < 4.78 is 19.1. The lowest BCUT2D eigenvalue weighted by molar-refractivity contribution is 0.0196. The van der Waals surface area contributed by atoms with E-state index in [-0.39, 0.29) is 18.6 Å². The molecule has 0 bridgehead atoms. The van der Waals surface area contributed by atoms with Crippen LogP contribution in [0.5, 0.6) is 0 Å². The van der Waals surface area contributed by atoms with Crippen molar-refractivity contribution in [3.05, 3.63) is 24.3 Å². The summed E-state index contributed by atoms with van der Waals surface area (Å²) >= 11 is 0. The number of hydrogen-bond donors (Lipinski definition) is 0. The van der Waals surface area contributed by atoms with E-state index < -0.39 is 11.3 Å². The number of carbonyl (C=O) groups is 1. The smallest absolute Gasteiger partial charge is 0.410 e. The molecule has 2 rings (SSSR count). The molecule has 0 spiro atoms. The topological polar surface area (TPSA) is 41.9 Å². The van der Waals surface area contributed by atoms with Crippen LogP contribution in [-0.2, 0) is 4.74 Å². The third-order valence-electron chi connectivity index (χ3n) is 4.12. The number of carbonyl (C=O) groups excluding carboxylic acids is 1. The molecule has 0 N–H and O–H groups in total. The Balaban J connectivity index is 1.87. The minimum Gasteiger partial charge on any atom is -0.444 e. The molecule has 2 heterocycles. The molecule has 4 nitrogen and oxygen atoms in total. The minimum absolute atomic E-state index is 0.147. The van der Waals surface area contributed by atoms with E-state index in [4.69, 9.17) is 4.74 Å². The summed E-state index contributed by atoms with van der Waals surface area (Å²) in [6.45, 7) is 12.7. The van der Waals surface area contributed by atoms with Crippen LogP contribution >= 0.6 is 0 Å². The van der Waals surface area contributed by atoms with E-state index in [2.05, 4.69) is 11.6 Å². The number of amides is 1. The van der Waals surface area contributed by atoms with Crippen LogP contribution in [0.4, 0.5) is 9.18 Å². The molecule has 2 aliphatic rings. The summed E-state index contributed by atoms with van der Waals surface area (Å²) in [6.07, 6.45) is 4.68. The van der Waals surface area contributed by atoms with Crippen LogP contribution in [0.15, 0.2) is 29.3 Å². The Morgan fingerprint density at radius 3 is 2.52 bits per heavy atom. The van der Waals surface area contributed by atoms with Crippen molar-refractivity contribution >= 4 is 11.8 Å². The highest BCUT2D eigenvalue weighted by atomic mass is 19.1. The third-order valence-corrected chi connectivity index (χ3v) is 4.12. The molecule has 1 atom stereocenters. The lowest BCUT2D eigenvalue weighted by Crippen LogP contribution is -2.42. The van der Waals surface area contributed by atoms with Gasteiger partial charge in [0.1, 0.15) is 11.3 Å². The van der Waals surface area contributed by atoms with Crippen LogP contribution in [0, 0.1) is 5.92 Å². The summed E-state index contributed by atoms with van der Waals surface area (Å²) in [5, 5.41) is 0. The van der Waals surface area contributed by atoms with Crippen molar-refractivity contribution in [2.45, 2.75) is 51.8 Å². The number of ether oxygens (including phenoxy) is 1. The fourth-order valence-electron chi connectivity index (χ4n) is 2.75. The number of hydrogen-bond acceptors (Lipinski definition) is 3. The van der Waals surface area contributed by atoms with Crippen LogP contribution < -0.4 is 0 Å². The molecule has 128 valence electrons. The Morgan fingerprint density at radius 1 is 1.43 bits per heavy atom. The number of allylic oxidation sites excluding steroid dienone is 2. The zero-order valence-electron chi connectivity index (χ0n) is 14.6. The number of dihydropyridines is 1. The molecular weight excluding hydrogens is 295 g/mol. The molecule has 5 heteroatoms. The van der Waals surface area contributed by atoms with Gasteiger partial charge in [0, 0.05) is 13.1 Å².